The molecule has 3 fully saturated rings. The molecule has 1 aromatic carbocycles. The van der Waals surface area contributed by atoms with E-state index in [2.05, 4.69) is 72.8 Å². The van der Waals surface area contributed by atoms with Gasteiger partial charge in [-0.05, 0) is 43.9 Å². The van der Waals surface area contributed by atoms with Crippen LogP contribution in [0.2, 0.25) is 0 Å². The highest BCUT2D eigenvalue weighted by Gasteiger charge is 2.47. The summed E-state index contributed by atoms with van der Waals surface area (Å²) >= 11 is 0. The number of pyridine rings is 1. The normalized spacial score (nSPS) is 23.1. The molecular weight excluding hydrogens is 446 g/mol. The van der Waals surface area contributed by atoms with Gasteiger partial charge in [0.05, 0.1) is 5.69 Å². The van der Waals surface area contributed by atoms with Crippen molar-refractivity contribution in [3.8, 4) is 11.3 Å². The van der Waals surface area contributed by atoms with Gasteiger partial charge in [-0.25, -0.2) is 15.0 Å². The predicted molar refractivity (Wildman–Crippen MR) is 143 cm³/mol. The molecule has 2 bridgehead atoms. The molecule has 7 nitrogen and oxygen atoms in total. The summed E-state index contributed by atoms with van der Waals surface area (Å²) in [5, 5.41) is 3.55. The van der Waals surface area contributed by atoms with Gasteiger partial charge in [-0.3, -0.25) is 9.30 Å². The second-order valence-corrected chi connectivity index (χ2v) is 10.6. The highest BCUT2D eigenvalue weighted by atomic mass is 15.4. The number of hydrogen-bond acceptors (Lipinski definition) is 6. The first-order valence-corrected chi connectivity index (χ1v) is 13.4. The first-order valence-electron chi connectivity index (χ1n) is 13.4. The Morgan fingerprint density at radius 1 is 0.917 bits per heavy atom. The van der Waals surface area contributed by atoms with Crippen LogP contribution in [0.3, 0.4) is 0 Å². The van der Waals surface area contributed by atoms with Crippen LogP contribution < -0.4 is 10.2 Å². The number of rotatable bonds is 6. The number of fused-ring (bicyclic) bond motifs is 3. The zero-order valence-electron chi connectivity index (χ0n) is 20.8. The van der Waals surface area contributed by atoms with Crippen LogP contribution in [0.15, 0.2) is 67.1 Å². The molecule has 0 radical (unpaired) electrons. The molecule has 0 amide bonds. The lowest BCUT2D eigenvalue weighted by Crippen LogP contribution is -2.50. The highest BCUT2D eigenvalue weighted by molar-refractivity contribution is 5.68. The first kappa shape index (κ1) is 21.8. The Labute approximate surface area is 212 Å². The van der Waals surface area contributed by atoms with Crippen LogP contribution in [0.5, 0.6) is 0 Å². The molecule has 36 heavy (non-hydrogen) atoms. The summed E-state index contributed by atoms with van der Waals surface area (Å²) < 4.78 is 2.15. The average Bonchev–Trinajstić information content (AvgIpc) is 3.72. The summed E-state index contributed by atoms with van der Waals surface area (Å²) in [5.41, 5.74) is 4.17. The van der Waals surface area contributed by atoms with E-state index in [9.17, 15) is 0 Å². The molecule has 1 saturated carbocycles. The fourth-order valence-corrected chi connectivity index (χ4v) is 6.60. The minimum Gasteiger partial charge on any atom is -0.364 e. The van der Waals surface area contributed by atoms with Gasteiger partial charge >= 0.3 is 0 Å². The molecule has 7 rings (SSSR count). The first-order chi connectivity index (χ1) is 17.7. The van der Waals surface area contributed by atoms with Gasteiger partial charge < -0.3 is 10.2 Å². The van der Waals surface area contributed by atoms with E-state index in [1.807, 2.05) is 30.7 Å². The lowest BCUT2D eigenvalue weighted by molar-refractivity contribution is 0.170. The number of imidazole rings is 1. The Kier molecular flexibility index (Phi) is 5.38. The van der Waals surface area contributed by atoms with E-state index in [1.54, 1.807) is 0 Å². The van der Waals surface area contributed by atoms with Gasteiger partial charge in [0.1, 0.15) is 11.5 Å². The van der Waals surface area contributed by atoms with E-state index >= 15 is 0 Å². The van der Waals surface area contributed by atoms with Crippen LogP contribution in [-0.2, 0) is 0 Å². The summed E-state index contributed by atoms with van der Waals surface area (Å²) in [6.07, 6.45) is 12.6. The number of benzene rings is 1. The van der Waals surface area contributed by atoms with Gasteiger partial charge in [0.25, 0.3) is 0 Å². The molecule has 3 aromatic heterocycles. The maximum absolute atomic E-state index is 5.22. The maximum Gasteiger partial charge on any atom is 0.212 e. The van der Waals surface area contributed by atoms with E-state index < -0.39 is 0 Å². The second-order valence-electron chi connectivity index (χ2n) is 10.6. The molecule has 4 aromatic rings. The van der Waals surface area contributed by atoms with Crippen molar-refractivity contribution in [2.45, 2.75) is 63.2 Å². The fourth-order valence-electron chi connectivity index (χ4n) is 6.60. The van der Waals surface area contributed by atoms with Crippen molar-refractivity contribution in [3.63, 3.8) is 0 Å². The van der Waals surface area contributed by atoms with Gasteiger partial charge in [0.15, 0.2) is 0 Å². The van der Waals surface area contributed by atoms with E-state index in [0.717, 1.165) is 47.8 Å². The fraction of sp³-hybridized carbons (Fsp3) is 0.414. The maximum atomic E-state index is 5.22. The van der Waals surface area contributed by atoms with Crippen LogP contribution in [0.1, 0.15) is 50.6 Å². The third kappa shape index (κ3) is 3.82. The molecule has 3 aliphatic rings. The lowest BCUT2D eigenvalue weighted by atomic mass is 10.1. The second kappa shape index (κ2) is 8.89. The summed E-state index contributed by atoms with van der Waals surface area (Å²) in [6.45, 7) is 4.38. The quantitative estimate of drug-likeness (QED) is 0.412. The SMILES string of the molecule is CC(Nc1cc(-c2cc3nccn3c(N3C[C@@H]4C[C@H]3CN4C3CCCC3)n2)ccn1)c1ccccc1. The van der Waals surface area contributed by atoms with Gasteiger partial charge in [-0.15, -0.1) is 0 Å². The van der Waals surface area contributed by atoms with Crippen molar-refractivity contribution < 1.29 is 0 Å². The van der Waals surface area contributed by atoms with Crippen LogP contribution in [0, 0.1) is 0 Å². The molecule has 7 heteroatoms. The van der Waals surface area contributed by atoms with E-state index in [4.69, 9.17) is 4.98 Å². The van der Waals surface area contributed by atoms with Gasteiger partial charge in [-0.2, -0.15) is 0 Å². The number of aromatic nitrogens is 4. The Balaban J connectivity index is 1.17. The van der Waals surface area contributed by atoms with Crippen LogP contribution in [0.4, 0.5) is 11.8 Å². The lowest BCUT2D eigenvalue weighted by Gasteiger charge is -2.38. The summed E-state index contributed by atoms with van der Waals surface area (Å²) in [5.74, 6) is 1.87. The monoisotopic (exact) mass is 479 g/mol. The van der Waals surface area contributed by atoms with Crippen molar-refractivity contribution in [3.05, 3.63) is 72.7 Å². The smallest absolute Gasteiger partial charge is 0.212 e. The zero-order valence-corrected chi connectivity index (χ0v) is 20.8. The average molecular weight is 480 g/mol. The molecule has 1 unspecified atom stereocenters. The van der Waals surface area contributed by atoms with Crippen molar-refractivity contribution in [2.75, 3.05) is 23.3 Å². The zero-order chi connectivity index (χ0) is 24.1. The minimum atomic E-state index is 0.162. The summed E-state index contributed by atoms with van der Waals surface area (Å²) in [7, 11) is 0. The molecule has 0 spiro atoms. The molecule has 2 saturated heterocycles. The Morgan fingerprint density at radius 3 is 2.58 bits per heavy atom. The molecule has 3 atom stereocenters. The molecule has 1 aliphatic carbocycles. The minimum absolute atomic E-state index is 0.162. The Morgan fingerprint density at radius 2 is 1.78 bits per heavy atom. The number of nitrogens with zero attached hydrogens (tertiary/aromatic N) is 6. The molecule has 1 N–H and O–H groups in total. The third-order valence-electron chi connectivity index (χ3n) is 8.42. The van der Waals surface area contributed by atoms with Gasteiger partial charge in [-0.1, -0.05) is 43.2 Å². The molecule has 184 valence electrons. The van der Waals surface area contributed by atoms with E-state index in [-0.39, 0.29) is 6.04 Å². The third-order valence-corrected chi connectivity index (χ3v) is 8.42. The van der Waals surface area contributed by atoms with Crippen molar-refractivity contribution >= 4 is 17.4 Å². The molecule has 5 heterocycles. The van der Waals surface area contributed by atoms with Crippen molar-refractivity contribution in [2.24, 2.45) is 0 Å². The van der Waals surface area contributed by atoms with Crippen molar-refractivity contribution in [1.29, 1.82) is 0 Å². The van der Waals surface area contributed by atoms with Gasteiger partial charge in [0.2, 0.25) is 5.95 Å². The standard InChI is InChI=1S/C29H33N7/c1-20(21-7-3-2-4-8-21)32-27-15-22(11-12-30-27)26-17-28-31-13-14-34(28)29(33-26)36-19-24-16-25(36)18-35(24)23-9-5-6-10-23/h2-4,7-8,11-15,17,20,23-25H,5-6,9-10,16,18-19H2,1H3,(H,30,32)/t20?,24-,25-/m0/s1. The number of hydrogen-bond donors (Lipinski definition) is 1. The Hall–Kier alpha value is -3.45. The number of anilines is 2. The van der Waals surface area contributed by atoms with Crippen LogP contribution in [0.25, 0.3) is 16.9 Å². The predicted octanol–water partition coefficient (Wildman–Crippen LogP) is 5.17. The number of likely N-dealkylation sites (tertiary alicyclic amines) is 1. The summed E-state index contributed by atoms with van der Waals surface area (Å²) in [4.78, 5) is 19.8. The number of piperazine rings is 1. The summed E-state index contributed by atoms with van der Waals surface area (Å²) in [6, 6.07) is 18.8. The van der Waals surface area contributed by atoms with E-state index in [0.29, 0.717) is 12.1 Å². The topological polar surface area (TPSA) is 61.6 Å². The highest BCUT2D eigenvalue weighted by Crippen LogP contribution is 2.39. The number of nitrogens with one attached hydrogen (secondary N) is 1. The Bertz CT molecular complexity index is 1360. The van der Waals surface area contributed by atoms with Crippen LogP contribution in [-0.4, -0.2) is 55.5 Å². The van der Waals surface area contributed by atoms with Crippen LogP contribution >= 0.6 is 0 Å². The largest absolute Gasteiger partial charge is 0.364 e. The molecular formula is C29H33N7. The molecule has 2 aliphatic heterocycles. The van der Waals surface area contributed by atoms with Crippen molar-refractivity contribution in [1.82, 2.24) is 24.3 Å². The van der Waals surface area contributed by atoms with Gasteiger partial charge in [0, 0.05) is 67.5 Å². The van der Waals surface area contributed by atoms with E-state index in [1.165, 1.54) is 37.7 Å².